The van der Waals surface area contributed by atoms with Crippen molar-refractivity contribution in [1.29, 1.82) is 0 Å². The molecule has 1 aliphatic rings. The van der Waals surface area contributed by atoms with Crippen LogP contribution in [-0.4, -0.2) is 53.6 Å². The number of pyridine rings is 2. The van der Waals surface area contributed by atoms with Crippen LogP contribution >= 0.6 is 11.6 Å². The largest absolute Gasteiger partial charge is 0.477 e. The van der Waals surface area contributed by atoms with E-state index in [9.17, 15) is 19.1 Å². The summed E-state index contributed by atoms with van der Waals surface area (Å²) in [5.74, 6) is -1.97. The summed E-state index contributed by atoms with van der Waals surface area (Å²) in [6.07, 6.45) is 1.51. The van der Waals surface area contributed by atoms with E-state index in [0.717, 1.165) is 23.7 Å². The Labute approximate surface area is 149 Å². The van der Waals surface area contributed by atoms with Crippen molar-refractivity contribution in [2.24, 2.45) is 0 Å². The maximum atomic E-state index is 14.8. The molecule has 0 saturated carbocycles. The van der Waals surface area contributed by atoms with Crippen molar-refractivity contribution in [3.63, 3.8) is 0 Å². The van der Waals surface area contributed by atoms with Gasteiger partial charge in [-0.15, -0.1) is 0 Å². The van der Waals surface area contributed by atoms with Gasteiger partial charge < -0.3 is 14.9 Å². The van der Waals surface area contributed by atoms with Crippen LogP contribution in [0.3, 0.4) is 0 Å². The fourth-order valence-corrected chi connectivity index (χ4v) is 3.62. The van der Waals surface area contributed by atoms with Crippen LogP contribution in [0.4, 0.5) is 10.1 Å². The summed E-state index contributed by atoms with van der Waals surface area (Å²) in [6.45, 7) is 4.66. The van der Waals surface area contributed by atoms with E-state index in [0.29, 0.717) is 30.6 Å². The monoisotopic (exact) mass is 367 g/mol. The highest BCUT2D eigenvalue weighted by atomic mass is 35.5. The number of carbonyl (C=O) groups is 1. The van der Waals surface area contributed by atoms with Gasteiger partial charge in [0.15, 0.2) is 5.82 Å². The zero-order valence-corrected chi connectivity index (χ0v) is 14.8. The zero-order valence-electron chi connectivity index (χ0n) is 14.1. The zero-order chi connectivity index (χ0) is 18.3. The molecule has 1 saturated heterocycles. The first-order chi connectivity index (χ1) is 11.8. The lowest BCUT2D eigenvalue weighted by atomic mass is 10.1. The molecule has 0 aromatic carbocycles. The quantitative estimate of drug-likeness (QED) is 0.900. The van der Waals surface area contributed by atoms with Gasteiger partial charge in [-0.3, -0.25) is 9.20 Å². The molecule has 0 aliphatic carbocycles. The number of halogens is 2. The van der Waals surface area contributed by atoms with Gasteiger partial charge in [-0.05, 0) is 25.1 Å². The summed E-state index contributed by atoms with van der Waals surface area (Å²) in [7, 11) is 2.00. The average molecular weight is 368 g/mol. The first-order valence-electron chi connectivity index (χ1n) is 8.08. The van der Waals surface area contributed by atoms with Gasteiger partial charge in [0.25, 0.3) is 5.56 Å². The third kappa shape index (κ3) is 2.98. The number of hydrogen-bond donors (Lipinski definition) is 1. The number of fused-ring (bicyclic) bond motifs is 1. The minimum Gasteiger partial charge on any atom is -0.477 e. The second kappa shape index (κ2) is 6.65. The molecule has 0 atom stereocenters. The van der Waals surface area contributed by atoms with Crippen LogP contribution < -0.4 is 10.5 Å². The van der Waals surface area contributed by atoms with Crippen LogP contribution in [0.25, 0.3) is 5.52 Å². The van der Waals surface area contributed by atoms with Gasteiger partial charge in [-0.2, -0.15) is 0 Å². The molecular formula is C17H19ClFN3O3. The van der Waals surface area contributed by atoms with Gasteiger partial charge in [0.1, 0.15) is 5.56 Å². The molecule has 0 bridgehead atoms. The number of nitrogens with zero attached hydrogens (tertiary/aromatic N) is 3. The second-order valence-electron chi connectivity index (χ2n) is 6.20. The first-order valence-corrected chi connectivity index (χ1v) is 8.46. The van der Waals surface area contributed by atoms with Crippen molar-refractivity contribution in [1.82, 2.24) is 9.30 Å². The molecule has 0 radical (unpaired) electrons. The highest BCUT2D eigenvalue weighted by Crippen LogP contribution is 2.34. The summed E-state index contributed by atoms with van der Waals surface area (Å²) in [5.41, 5.74) is 0.0569. The molecule has 2 aromatic heterocycles. The van der Waals surface area contributed by atoms with Crippen molar-refractivity contribution in [2.75, 3.05) is 38.1 Å². The fourth-order valence-electron chi connectivity index (χ4n) is 3.19. The average Bonchev–Trinajstić information content (AvgIpc) is 2.57. The lowest BCUT2D eigenvalue weighted by Crippen LogP contribution is -2.45. The Bertz CT molecular complexity index is 904. The third-order valence-electron chi connectivity index (χ3n) is 4.63. The number of hydrogen-bond acceptors (Lipinski definition) is 4. The number of aryl methyl sites for hydroxylation is 1. The SMILES string of the molecule is CCc1cc(C(=O)O)c(=O)n2cc(F)c(N3CCN(C)CC3)c(Cl)c12. The maximum absolute atomic E-state index is 14.8. The molecule has 3 heterocycles. The Balaban J connectivity index is 2.28. The number of carboxylic acid groups (broad SMARTS) is 1. The molecular weight excluding hydrogens is 349 g/mol. The molecule has 25 heavy (non-hydrogen) atoms. The number of carboxylic acids is 1. The molecule has 0 spiro atoms. The first kappa shape index (κ1) is 17.7. The molecule has 1 aliphatic heterocycles. The molecule has 1 N–H and O–H groups in total. The van der Waals surface area contributed by atoms with Crippen LogP contribution in [-0.2, 0) is 6.42 Å². The second-order valence-corrected chi connectivity index (χ2v) is 6.57. The minimum atomic E-state index is -1.34. The summed E-state index contributed by atoms with van der Waals surface area (Å²) < 4.78 is 15.8. The van der Waals surface area contributed by atoms with E-state index < -0.39 is 22.9 Å². The van der Waals surface area contributed by atoms with Crippen LogP contribution in [0.2, 0.25) is 5.02 Å². The highest BCUT2D eigenvalue weighted by molar-refractivity contribution is 6.36. The lowest BCUT2D eigenvalue weighted by molar-refractivity contribution is 0.0694. The van der Waals surface area contributed by atoms with E-state index in [4.69, 9.17) is 11.6 Å². The predicted octanol–water partition coefficient (Wildman–Crippen LogP) is 2.10. The predicted molar refractivity (Wildman–Crippen MR) is 94.7 cm³/mol. The molecule has 8 heteroatoms. The van der Waals surface area contributed by atoms with E-state index in [-0.39, 0.29) is 10.7 Å². The molecule has 0 unspecified atom stereocenters. The lowest BCUT2D eigenvalue weighted by Gasteiger charge is -2.35. The Kier molecular flexibility index (Phi) is 4.71. The van der Waals surface area contributed by atoms with Crippen molar-refractivity contribution < 1.29 is 14.3 Å². The van der Waals surface area contributed by atoms with Crippen molar-refractivity contribution in [3.05, 3.63) is 44.6 Å². The molecule has 1 fully saturated rings. The van der Waals surface area contributed by atoms with Gasteiger partial charge in [0.05, 0.1) is 22.4 Å². The summed E-state index contributed by atoms with van der Waals surface area (Å²) in [5, 5.41) is 9.36. The normalized spacial score (nSPS) is 15.8. The standard InChI is InChI=1S/C17H19ClFN3O3/c1-3-10-8-11(17(24)25)16(23)22-9-12(19)15(13(18)14(10)22)21-6-4-20(2)5-7-21/h8-9H,3-7H2,1-2H3,(H,24,25). The Morgan fingerprint density at radius 2 is 1.96 bits per heavy atom. The number of aromatic nitrogens is 1. The molecule has 3 rings (SSSR count). The van der Waals surface area contributed by atoms with Crippen LogP contribution in [0, 0.1) is 5.82 Å². The summed E-state index contributed by atoms with van der Waals surface area (Å²) in [6, 6.07) is 1.33. The van der Waals surface area contributed by atoms with Gasteiger partial charge in [0, 0.05) is 26.2 Å². The van der Waals surface area contributed by atoms with E-state index in [1.165, 1.54) is 6.07 Å². The maximum Gasteiger partial charge on any atom is 0.341 e. The van der Waals surface area contributed by atoms with E-state index in [1.807, 2.05) is 18.9 Å². The minimum absolute atomic E-state index is 0.149. The highest BCUT2D eigenvalue weighted by Gasteiger charge is 2.25. The van der Waals surface area contributed by atoms with Gasteiger partial charge >= 0.3 is 5.97 Å². The summed E-state index contributed by atoms with van der Waals surface area (Å²) >= 11 is 6.50. The molecule has 6 nitrogen and oxygen atoms in total. The van der Waals surface area contributed by atoms with Gasteiger partial charge in [0.2, 0.25) is 0 Å². The van der Waals surface area contributed by atoms with Crippen molar-refractivity contribution >= 4 is 28.8 Å². The van der Waals surface area contributed by atoms with Crippen LogP contribution in [0.5, 0.6) is 0 Å². The van der Waals surface area contributed by atoms with E-state index in [2.05, 4.69) is 4.90 Å². The molecule has 2 aromatic rings. The summed E-state index contributed by atoms with van der Waals surface area (Å²) in [4.78, 5) is 27.7. The number of aromatic carboxylic acids is 1. The van der Waals surface area contributed by atoms with E-state index >= 15 is 0 Å². The van der Waals surface area contributed by atoms with Crippen LogP contribution in [0.1, 0.15) is 22.8 Å². The number of anilines is 1. The number of likely N-dealkylation sites (N-methyl/N-ethyl adjacent to an activating group) is 1. The third-order valence-corrected chi connectivity index (χ3v) is 4.99. The number of piperazine rings is 1. The smallest absolute Gasteiger partial charge is 0.341 e. The van der Waals surface area contributed by atoms with Crippen molar-refractivity contribution in [2.45, 2.75) is 13.3 Å². The Morgan fingerprint density at radius 1 is 1.32 bits per heavy atom. The van der Waals surface area contributed by atoms with Gasteiger partial charge in [-0.1, -0.05) is 18.5 Å². The number of rotatable bonds is 3. The van der Waals surface area contributed by atoms with E-state index in [1.54, 1.807) is 0 Å². The Hall–Kier alpha value is -2.12. The van der Waals surface area contributed by atoms with Crippen LogP contribution in [0.15, 0.2) is 17.1 Å². The van der Waals surface area contributed by atoms with Crippen molar-refractivity contribution in [3.8, 4) is 0 Å². The van der Waals surface area contributed by atoms with Gasteiger partial charge in [-0.25, -0.2) is 9.18 Å². The topological polar surface area (TPSA) is 65.3 Å². The fraction of sp³-hybridized carbons (Fsp3) is 0.412. The molecule has 0 amide bonds. The Morgan fingerprint density at radius 3 is 2.52 bits per heavy atom. The molecule has 134 valence electrons.